The number of ether oxygens (including phenoxy) is 1. The number of benzene rings is 1. The SMILES string of the molecule is CCCCc1ccc(NC(COC)C(=O)O)cc1. The van der Waals surface area contributed by atoms with Crippen molar-refractivity contribution in [2.24, 2.45) is 0 Å². The Bertz CT molecular complexity index is 362. The lowest BCUT2D eigenvalue weighted by molar-refractivity contribution is -0.139. The van der Waals surface area contributed by atoms with Crippen LogP contribution in [0.15, 0.2) is 24.3 Å². The molecule has 1 aromatic carbocycles. The first-order chi connectivity index (χ1) is 8.67. The fraction of sp³-hybridized carbons (Fsp3) is 0.500. The van der Waals surface area contributed by atoms with Crippen molar-refractivity contribution in [3.63, 3.8) is 0 Å². The van der Waals surface area contributed by atoms with E-state index in [1.54, 1.807) is 0 Å². The second-order valence-corrected chi connectivity index (χ2v) is 4.29. The van der Waals surface area contributed by atoms with E-state index in [0.29, 0.717) is 0 Å². The molecule has 1 aromatic rings. The summed E-state index contributed by atoms with van der Waals surface area (Å²) >= 11 is 0. The number of nitrogens with one attached hydrogen (secondary N) is 1. The van der Waals surface area contributed by atoms with Crippen molar-refractivity contribution in [2.45, 2.75) is 32.2 Å². The summed E-state index contributed by atoms with van der Waals surface area (Å²) in [5.74, 6) is -0.910. The zero-order valence-electron chi connectivity index (χ0n) is 11.0. The van der Waals surface area contributed by atoms with Crippen molar-refractivity contribution in [1.29, 1.82) is 0 Å². The molecule has 0 aliphatic carbocycles. The maximum atomic E-state index is 11.0. The molecule has 4 nitrogen and oxygen atoms in total. The fourth-order valence-corrected chi connectivity index (χ4v) is 1.69. The zero-order chi connectivity index (χ0) is 13.4. The van der Waals surface area contributed by atoms with E-state index in [1.807, 2.05) is 24.3 Å². The summed E-state index contributed by atoms with van der Waals surface area (Å²) in [6.07, 6.45) is 3.42. The Hall–Kier alpha value is -1.55. The Morgan fingerprint density at radius 2 is 2.06 bits per heavy atom. The highest BCUT2D eigenvalue weighted by Crippen LogP contribution is 2.13. The van der Waals surface area contributed by atoms with Crippen LogP contribution in [0.5, 0.6) is 0 Å². The van der Waals surface area contributed by atoms with Crippen molar-refractivity contribution in [3.8, 4) is 0 Å². The number of aryl methyl sites for hydroxylation is 1. The van der Waals surface area contributed by atoms with Gasteiger partial charge in [0.25, 0.3) is 0 Å². The molecule has 0 aliphatic heterocycles. The van der Waals surface area contributed by atoms with Crippen molar-refractivity contribution < 1.29 is 14.6 Å². The van der Waals surface area contributed by atoms with Crippen LogP contribution in [-0.4, -0.2) is 30.8 Å². The number of hydrogen-bond acceptors (Lipinski definition) is 3. The molecular weight excluding hydrogens is 230 g/mol. The summed E-state index contributed by atoms with van der Waals surface area (Å²) in [4.78, 5) is 11.0. The Labute approximate surface area is 108 Å². The molecule has 0 aromatic heterocycles. The molecule has 0 heterocycles. The predicted molar refractivity (Wildman–Crippen MR) is 72.0 cm³/mol. The van der Waals surface area contributed by atoms with Gasteiger partial charge in [-0.3, -0.25) is 0 Å². The van der Waals surface area contributed by atoms with Crippen LogP contribution in [0.2, 0.25) is 0 Å². The second-order valence-electron chi connectivity index (χ2n) is 4.29. The maximum absolute atomic E-state index is 11.0. The molecule has 0 bridgehead atoms. The van der Waals surface area contributed by atoms with Gasteiger partial charge in [0.1, 0.15) is 6.04 Å². The van der Waals surface area contributed by atoms with Crippen LogP contribution in [0.4, 0.5) is 5.69 Å². The highest BCUT2D eigenvalue weighted by Gasteiger charge is 2.16. The Morgan fingerprint density at radius 3 is 2.56 bits per heavy atom. The number of aliphatic carboxylic acids is 1. The molecule has 0 saturated heterocycles. The molecule has 0 spiro atoms. The standard InChI is InChI=1S/C14H21NO3/c1-3-4-5-11-6-8-12(9-7-11)15-13(10-18-2)14(16)17/h6-9,13,15H,3-5,10H2,1-2H3,(H,16,17). The van der Waals surface area contributed by atoms with Gasteiger partial charge in [0.15, 0.2) is 0 Å². The fourth-order valence-electron chi connectivity index (χ4n) is 1.69. The van der Waals surface area contributed by atoms with E-state index < -0.39 is 12.0 Å². The Morgan fingerprint density at radius 1 is 1.39 bits per heavy atom. The normalized spacial score (nSPS) is 12.1. The molecule has 1 rings (SSSR count). The number of unbranched alkanes of at least 4 members (excludes halogenated alkanes) is 1. The van der Waals surface area contributed by atoms with Crippen LogP contribution >= 0.6 is 0 Å². The van der Waals surface area contributed by atoms with Crippen LogP contribution < -0.4 is 5.32 Å². The zero-order valence-corrected chi connectivity index (χ0v) is 11.0. The average molecular weight is 251 g/mol. The predicted octanol–water partition coefficient (Wildman–Crippen LogP) is 2.54. The van der Waals surface area contributed by atoms with E-state index in [-0.39, 0.29) is 6.61 Å². The van der Waals surface area contributed by atoms with Gasteiger partial charge in [-0.05, 0) is 30.5 Å². The number of carboxylic acid groups (broad SMARTS) is 1. The van der Waals surface area contributed by atoms with E-state index in [1.165, 1.54) is 25.5 Å². The molecule has 0 fully saturated rings. The highest BCUT2D eigenvalue weighted by atomic mass is 16.5. The molecule has 1 unspecified atom stereocenters. The van der Waals surface area contributed by atoms with E-state index in [2.05, 4.69) is 12.2 Å². The number of carbonyl (C=O) groups is 1. The summed E-state index contributed by atoms with van der Waals surface area (Å²) in [5, 5.41) is 11.9. The molecule has 100 valence electrons. The third-order valence-corrected chi connectivity index (χ3v) is 2.75. The maximum Gasteiger partial charge on any atom is 0.328 e. The molecule has 2 N–H and O–H groups in total. The minimum absolute atomic E-state index is 0.146. The van der Waals surface area contributed by atoms with Crippen LogP contribution in [0.25, 0.3) is 0 Å². The van der Waals surface area contributed by atoms with Gasteiger partial charge in [-0.15, -0.1) is 0 Å². The smallest absolute Gasteiger partial charge is 0.328 e. The van der Waals surface area contributed by atoms with E-state index in [0.717, 1.165) is 12.1 Å². The van der Waals surface area contributed by atoms with Gasteiger partial charge < -0.3 is 15.2 Å². The van der Waals surface area contributed by atoms with Crippen molar-refractivity contribution in [1.82, 2.24) is 0 Å². The van der Waals surface area contributed by atoms with Gasteiger partial charge in [-0.1, -0.05) is 25.5 Å². The topological polar surface area (TPSA) is 58.6 Å². The second kappa shape index (κ2) is 7.71. The summed E-state index contributed by atoms with van der Waals surface area (Å²) in [7, 11) is 1.49. The molecule has 4 heteroatoms. The monoisotopic (exact) mass is 251 g/mol. The Kier molecular flexibility index (Phi) is 6.22. The molecule has 18 heavy (non-hydrogen) atoms. The number of anilines is 1. The first kappa shape index (κ1) is 14.5. The summed E-state index contributed by atoms with van der Waals surface area (Å²) < 4.78 is 4.87. The quantitative estimate of drug-likeness (QED) is 0.745. The number of hydrogen-bond donors (Lipinski definition) is 2. The lowest BCUT2D eigenvalue weighted by Gasteiger charge is -2.15. The summed E-state index contributed by atoms with van der Waals surface area (Å²) in [6, 6.07) is 7.18. The van der Waals surface area contributed by atoms with E-state index in [4.69, 9.17) is 9.84 Å². The molecule has 0 amide bonds. The van der Waals surface area contributed by atoms with E-state index in [9.17, 15) is 4.79 Å². The summed E-state index contributed by atoms with van der Waals surface area (Å²) in [5.41, 5.74) is 2.08. The van der Waals surface area contributed by atoms with Gasteiger partial charge in [0.05, 0.1) is 6.61 Å². The average Bonchev–Trinajstić information content (AvgIpc) is 2.37. The lowest BCUT2D eigenvalue weighted by atomic mass is 10.1. The van der Waals surface area contributed by atoms with Gasteiger partial charge in [-0.2, -0.15) is 0 Å². The molecule has 0 radical (unpaired) electrons. The third kappa shape index (κ3) is 4.75. The molecule has 0 saturated carbocycles. The van der Waals surface area contributed by atoms with Crippen molar-refractivity contribution in [2.75, 3.05) is 19.0 Å². The molecular formula is C14H21NO3. The van der Waals surface area contributed by atoms with Gasteiger partial charge in [0.2, 0.25) is 0 Å². The van der Waals surface area contributed by atoms with E-state index >= 15 is 0 Å². The first-order valence-corrected chi connectivity index (χ1v) is 6.24. The van der Waals surface area contributed by atoms with Gasteiger partial charge in [0, 0.05) is 12.8 Å². The van der Waals surface area contributed by atoms with Crippen LogP contribution in [-0.2, 0) is 16.0 Å². The minimum atomic E-state index is -0.910. The first-order valence-electron chi connectivity index (χ1n) is 6.24. The van der Waals surface area contributed by atoms with Crippen LogP contribution in [0.1, 0.15) is 25.3 Å². The minimum Gasteiger partial charge on any atom is -0.480 e. The molecule has 1 atom stereocenters. The largest absolute Gasteiger partial charge is 0.480 e. The molecule has 0 aliphatic rings. The summed E-state index contributed by atoms with van der Waals surface area (Å²) in [6.45, 7) is 2.31. The Balaban J connectivity index is 2.58. The number of rotatable bonds is 8. The van der Waals surface area contributed by atoms with Crippen molar-refractivity contribution >= 4 is 11.7 Å². The van der Waals surface area contributed by atoms with Crippen LogP contribution in [0, 0.1) is 0 Å². The highest BCUT2D eigenvalue weighted by molar-refractivity contribution is 5.77. The van der Waals surface area contributed by atoms with Gasteiger partial charge >= 0.3 is 5.97 Å². The third-order valence-electron chi connectivity index (χ3n) is 2.75. The number of carboxylic acids is 1. The van der Waals surface area contributed by atoms with Crippen LogP contribution in [0.3, 0.4) is 0 Å². The number of methoxy groups -OCH3 is 1. The van der Waals surface area contributed by atoms with Crippen molar-refractivity contribution in [3.05, 3.63) is 29.8 Å². The lowest BCUT2D eigenvalue weighted by Crippen LogP contribution is -2.33. The van der Waals surface area contributed by atoms with Gasteiger partial charge in [-0.25, -0.2) is 4.79 Å².